The van der Waals surface area contributed by atoms with Crippen molar-refractivity contribution in [2.75, 3.05) is 44.0 Å². The smallest absolute Gasteiger partial charge is 0.247 e. The van der Waals surface area contributed by atoms with Gasteiger partial charge in [-0.05, 0) is 48.9 Å². The van der Waals surface area contributed by atoms with Crippen LogP contribution in [0.1, 0.15) is 12.1 Å². The lowest BCUT2D eigenvalue weighted by atomic mass is 10.1. The van der Waals surface area contributed by atoms with E-state index in [1.54, 1.807) is 37.6 Å². The lowest BCUT2D eigenvalue weighted by molar-refractivity contribution is -0.111. The van der Waals surface area contributed by atoms with E-state index in [1.165, 1.54) is 12.4 Å². The van der Waals surface area contributed by atoms with Gasteiger partial charge < -0.3 is 24.8 Å². The number of anilines is 3. The number of nitrogens with one attached hydrogen (secondary N) is 2. The monoisotopic (exact) mass is 574 g/mol. The minimum atomic E-state index is -0.351. The van der Waals surface area contributed by atoms with Gasteiger partial charge in [-0.2, -0.15) is 0 Å². The van der Waals surface area contributed by atoms with Crippen molar-refractivity contribution in [3.63, 3.8) is 0 Å². The summed E-state index contributed by atoms with van der Waals surface area (Å²) in [5.41, 5.74) is 2.65. The van der Waals surface area contributed by atoms with E-state index in [0.29, 0.717) is 57.8 Å². The number of aromatic nitrogens is 3. The fraction of sp³-hybridized carbons (Fsp3) is 0.267. The zero-order chi connectivity index (χ0) is 28.6. The first-order chi connectivity index (χ1) is 20.0. The highest BCUT2D eigenvalue weighted by Crippen LogP contribution is 2.35. The van der Waals surface area contributed by atoms with Gasteiger partial charge in [0.1, 0.15) is 36.9 Å². The molecular weight excluding hydrogens is 544 g/mol. The quantitative estimate of drug-likeness (QED) is 0.220. The molecule has 1 unspecified atom stereocenters. The number of methoxy groups -OCH3 is 1. The molecule has 3 heterocycles. The van der Waals surface area contributed by atoms with Crippen molar-refractivity contribution in [3.8, 4) is 11.5 Å². The SMILES string of the molecule is C=CC(=O)Nc1cc2c(Nc3ccc(OCc4ccccn4)c(Cl)c3)ncnc2cc1OCCN1CCC(OC)C1. The Morgan fingerprint density at radius 1 is 1.15 bits per heavy atom. The number of hydrogen-bond donors (Lipinski definition) is 2. The Balaban J connectivity index is 1.33. The molecule has 4 aromatic rings. The number of benzene rings is 2. The largest absolute Gasteiger partial charge is 0.490 e. The number of pyridine rings is 1. The average Bonchev–Trinajstić information content (AvgIpc) is 3.46. The first-order valence-corrected chi connectivity index (χ1v) is 13.6. The Hall–Kier alpha value is -4.25. The molecule has 1 atom stereocenters. The van der Waals surface area contributed by atoms with Crippen LogP contribution < -0.4 is 20.1 Å². The highest BCUT2D eigenvalue weighted by molar-refractivity contribution is 6.32. The second kappa shape index (κ2) is 13.4. The van der Waals surface area contributed by atoms with E-state index in [4.69, 9.17) is 25.8 Å². The summed E-state index contributed by atoms with van der Waals surface area (Å²) in [4.78, 5) is 27.6. The van der Waals surface area contributed by atoms with Crippen molar-refractivity contribution in [3.05, 3.63) is 84.4 Å². The van der Waals surface area contributed by atoms with E-state index >= 15 is 0 Å². The van der Waals surface area contributed by atoms with Gasteiger partial charge in [-0.3, -0.25) is 14.7 Å². The van der Waals surface area contributed by atoms with Gasteiger partial charge in [0.05, 0.1) is 28.0 Å². The number of ether oxygens (including phenoxy) is 3. The van der Waals surface area contributed by atoms with Crippen LogP contribution in [0.4, 0.5) is 17.2 Å². The van der Waals surface area contributed by atoms with Crippen LogP contribution in [-0.4, -0.2) is 65.2 Å². The average molecular weight is 575 g/mol. The highest BCUT2D eigenvalue weighted by atomic mass is 35.5. The summed E-state index contributed by atoms with van der Waals surface area (Å²) in [5, 5.41) is 7.26. The molecule has 1 amide bonds. The number of carbonyl (C=O) groups is 1. The standard InChI is InChI=1S/C30H31ClN6O4/c1-3-29(38)36-26-15-23-25(16-28(26)40-13-12-37-11-9-22(17-37)39-2)33-19-34-30(23)35-20-7-8-27(24(31)14-20)41-18-21-6-4-5-10-32-21/h3-8,10,14-16,19,22H,1,9,11-13,17-18H2,2H3,(H,36,38)(H,33,34,35). The molecule has 0 radical (unpaired) electrons. The van der Waals surface area contributed by atoms with E-state index in [0.717, 1.165) is 31.7 Å². The lowest BCUT2D eigenvalue weighted by Crippen LogP contribution is -2.27. The molecule has 212 valence electrons. The third-order valence-electron chi connectivity index (χ3n) is 6.70. The summed E-state index contributed by atoms with van der Waals surface area (Å²) in [7, 11) is 1.74. The van der Waals surface area contributed by atoms with Crippen LogP contribution in [0, 0.1) is 0 Å². The van der Waals surface area contributed by atoms with Crippen molar-refractivity contribution < 1.29 is 19.0 Å². The van der Waals surface area contributed by atoms with Gasteiger partial charge in [0.15, 0.2) is 0 Å². The zero-order valence-electron chi connectivity index (χ0n) is 22.7. The molecule has 0 bridgehead atoms. The summed E-state index contributed by atoms with van der Waals surface area (Å²) in [6.07, 6.45) is 5.66. The van der Waals surface area contributed by atoms with Gasteiger partial charge in [0.2, 0.25) is 5.91 Å². The molecule has 2 aromatic heterocycles. The fourth-order valence-corrected chi connectivity index (χ4v) is 4.76. The van der Waals surface area contributed by atoms with Crippen LogP contribution in [0.15, 0.2) is 73.7 Å². The van der Waals surface area contributed by atoms with E-state index < -0.39 is 0 Å². The van der Waals surface area contributed by atoms with E-state index in [-0.39, 0.29) is 12.0 Å². The van der Waals surface area contributed by atoms with E-state index in [9.17, 15) is 4.79 Å². The molecule has 1 aliphatic rings. The first kappa shape index (κ1) is 28.3. The first-order valence-electron chi connectivity index (χ1n) is 13.2. The number of halogens is 1. The Morgan fingerprint density at radius 3 is 2.80 bits per heavy atom. The van der Waals surface area contributed by atoms with Crippen molar-refractivity contribution in [2.24, 2.45) is 0 Å². The highest BCUT2D eigenvalue weighted by Gasteiger charge is 2.22. The number of rotatable bonds is 12. The number of nitrogens with zero attached hydrogens (tertiary/aromatic N) is 4. The predicted molar refractivity (Wildman–Crippen MR) is 159 cm³/mol. The number of fused-ring (bicyclic) bond motifs is 1. The predicted octanol–water partition coefficient (Wildman–Crippen LogP) is 5.22. The van der Waals surface area contributed by atoms with Gasteiger partial charge in [0.25, 0.3) is 0 Å². The van der Waals surface area contributed by atoms with Gasteiger partial charge in [-0.15, -0.1) is 0 Å². The summed E-state index contributed by atoms with van der Waals surface area (Å²) in [5.74, 6) is 1.24. The van der Waals surface area contributed by atoms with Crippen LogP contribution in [0.25, 0.3) is 10.9 Å². The third-order valence-corrected chi connectivity index (χ3v) is 7.00. The second-order valence-electron chi connectivity index (χ2n) is 9.46. The molecular formula is C30H31ClN6O4. The van der Waals surface area contributed by atoms with Gasteiger partial charge in [0, 0.05) is 50.1 Å². The number of likely N-dealkylation sites (tertiary alicyclic amines) is 1. The third kappa shape index (κ3) is 7.29. The van der Waals surface area contributed by atoms with E-state index in [2.05, 4.69) is 37.1 Å². The minimum absolute atomic E-state index is 0.255. The normalized spacial score (nSPS) is 15.0. The van der Waals surface area contributed by atoms with Crippen molar-refractivity contribution in [1.29, 1.82) is 0 Å². The van der Waals surface area contributed by atoms with Gasteiger partial charge in [-0.25, -0.2) is 9.97 Å². The topological polar surface area (TPSA) is 111 Å². The van der Waals surface area contributed by atoms with Crippen molar-refractivity contribution in [1.82, 2.24) is 19.9 Å². The maximum atomic E-state index is 12.2. The Morgan fingerprint density at radius 2 is 2.05 bits per heavy atom. The van der Waals surface area contributed by atoms with Crippen LogP contribution >= 0.6 is 11.6 Å². The summed E-state index contributed by atoms with van der Waals surface area (Å²) in [6, 6.07) is 14.6. The molecule has 1 saturated heterocycles. The molecule has 0 spiro atoms. The minimum Gasteiger partial charge on any atom is -0.490 e. The van der Waals surface area contributed by atoms with E-state index in [1.807, 2.05) is 24.3 Å². The molecule has 0 saturated carbocycles. The molecule has 41 heavy (non-hydrogen) atoms. The van der Waals surface area contributed by atoms with Crippen molar-refractivity contribution in [2.45, 2.75) is 19.1 Å². The van der Waals surface area contributed by atoms with Crippen LogP contribution in [0.3, 0.4) is 0 Å². The molecule has 1 aliphatic heterocycles. The molecule has 2 N–H and O–H groups in total. The second-order valence-corrected chi connectivity index (χ2v) is 9.86. The summed E-state index contributed by atoms with van der Waals surface area (Å²) in [6.45, 7) is 6.89. The maximum absolute atomic E-state index is 12.2. The Labute approximate surface area is 243 Å². The zero-order valence-corrected chi connectivity index (χ0v) is 23.4. The number of carbonyl (C=O) groups excluding carboxylic acids is 1. The Bertz CT molecular complexity index is 1520. The lowest BCUT2D eigenvalue weighted by Gasteiger charge is -2.18. The van der Waals surface area contributed by atoms with Crippen LogP contribution in [-0.2, 0) is 16.1 Å². The summed E-state index contributed by atoms with van der Waals surface area (Å²) >= 11 is 6.51. The van der Waals surface area contributed by atoms with Crippen molar-refractivity contribution >= 4 is 45.6 Å². The van der Waals surface area contributed by atoms with Gasteiger partial charge in [-0.1, -0.05) is 24.2 Å². The number of hydrogen-bond acceptors (Lipinski definition) is 9. The van der Waals surface area contributed by atoms with Crippen LogP contribution in [0.5, 0.6) is 11.5 Å². The molecule has 0 aliphatic carbocycles. The molecule has 11 heteroatoms. The molecule has 5 rings (SSSR count). The van der Waals surface area contributed by atoms with Crippen LogP contribution in [0.2, 0.25) is 5.02 Å². The Kier molecular flexibility index (Phi) is 9.25. The molecule has 2 aromatic carbocycles. The van der Waals surface area contributed by atoms with Gasteiger partial charge >= 0.3 is 0 Å². The number of amides is 1. The molecule has 1 fully saturated rings. The fourth-order valence-electron chi connectivity index (χ4n) is 4.53. The summed E-state index contributed by atoms with van der Waals surface area (Å²) < 4.78 is 17.4. The molecule has 10 nitrogen and oxygen atoms in total. The maximum Gasteiger partial charge on any atom is 0.247 e.